The first-order chi connectivity index (χ1) is 10.1. The van der Waals surface area contributed by atoms with Crippen LogP contribution in [0.1, 0.15) is 36.1 Å². The van der Waals surface area contributed by atoms with Crippen molar-refractivity contribution in [3.8, 4) is 0 Å². The van der Waals surface area contributed by atoms with Crippen molar-refractivity contribution in [2.75, 3.05) is 6.54 Å². The molecular weight excluding hydrogens is 268 g/mol. The lowest BCUT2D eigenvalue weighted by atomic mass is 9.96. The van der Waals surface area contributed by atoms with Crippen LogP contribution in [0.25, 0.3) is 0 Å². The molecule has 0 saturated carbocycles. The maximum atomic E-state index is 13.4. The summed E-state index contributed by atoms with van der Waals surface area (Å²) in [6.07, 6.45) is 1.70. The Kier molecular flexibility index (Phi) is 5.45. The van der Waals surface area contributed by atoms with Crippen LogP contribution in [0.2, 0.25) is 0 Å². The van der Waals surface area contributed by atoms with Crippen LogP contribution in [0.4, 0.5) is 8.78 Å². The van der Waals surface area contributed by atoms with E-state index >= 15 is 0 Å². The van der Waals surface area contributed by atoms with Gasteiger partial charge < -0.3 is 5.32 Å². The van der Waals surface area contributed by atoms with Gasteiger partial charge in [-0.3, -0.25) is 0 Å². The van der Waals surface area contributed by atoms with Gasteiger partial charge in [0, 0.05) is 6.04 Å². The van der Waals surface area contributed by atoms with E-state index in [0.717, 1.165) is 29.7 Å². The molecule has 0 aromatic heterocycles. The maximum Gasteiger partial charge on any atom is 0.123 e. The van der Waals surface area contributed by atoms with Crippen LogP contribution in [0, 0.1) is 18.6 Å². The van der Waals surface area contributed by atoms with Gasteiger partial charge in [0.2, 0.25) is 0 Å². The van der Waals surface area contributed by atoms with Crippen LogP contribution in [-0.4, -0.2) is 6.54 Å². The second-order valence-electron chi connectivity index (χ2n) is 5.33. The molecule has 0 aliphatic heterocycles. The third-order valence-electron chi connectivity index (χ3n) is 3.65. The molecule has 1 nitrogen and oxygen atoms in total. The first-order valence-electron chi connectivity index (χ1n) is 7.34. The Morgan fingerprint density at radius 1 is 1.00 bits per heavy atom. The minimum Gasteiger partial charge on any atom is -0.310 e. The first kappa shape index (κ1) is 15.6. The Hall–Kier alpha value is -1.74. The average molecular weight is 289 g/mol. The molecule has 112 valence electrons. The molecule has 2 aromatic rings. The van der Waals surface area contributed by atoms with E-state index < -0.39 is 0 Å². The summed E-state index contributed by atoms with van der Waals surface area (Å²) in [4.78, 5) is 0. The van der Waals surface area contributed by atoms with Gasteiger partial charge in [-0.25, -0.2) is 8.78 Å². The van der Waals surface area contributed by atoms with Crippen LogP contribution in [0.5, 0.6) is 0 Å². The van der Waals surface area contributed by atoms with Gasteiger partial charge in [0.25, 0.3) is 0 Å². The summed E-state index contributed by atoms with van der Waals surface area (Å²) < 4.78 is 26.5. The molecule has 21 heavy (non-hydrogen) atoms. The zero-order valence-corrected chi connectivity index (χ0v) is 12.5. The number of benzene rings is 2. The Balaban J connectivity index is 2.23. The van der Waals surface area contributed by atoms with Gasteiger partial charge in [0.15, 0.2) is 0 Å². The molecule has 1 atom stereocenters. The van der Waals surface area contributed by atoms with Crippen LogP contribution in [-0.2, 0) is 6.42 Å². The fourth-order valence-electron chi connectivity index (χ4n) is 2.40. The quantitative estimate of drug-likeness (QED) is 0.822. The largest absolute Gasteiger partial charge is 0.310 e. The molecule has 0 amide bonds. The molecule has 0 bridgehead atoms. The molecule has 1 N–H and O–H groups in total. The lowest BCUT2D eigenvalue weighted by Gasteiger charge is -2.20. The second-order valence-corrected chi connectivity index (χ2v) is 5.33. The summed E-state index contributed by atoms with van der Waals surface area (Å²) in [5.41, 5.74) is 3.07. The van der Waals surface area contributed by atoms with E-state index in [2.05, 4.69) is 12.2 Å². The predicted molar refractivity (Wildman–Crippen MR) is 82.3 cm³/mol. The normalized spacial score (nSPS) is 12.4. The fourth-order valence-corrected chi connectivity index (χ4v) is 2.40. The molecule has 0 heterocycles. The van der Waals surface area contributed by atoms with Gasteiger partial charge in [0.1, 0.15) is 11.6 Å². The lowest BCUT2D eigenvalue weighted by Crippen LogP contribution is -2.24. The predicted octanol–water partition coefficient (Wildman–Crippen LogP) is 4.56. The number of rotatable bonds is 6. The van der Waals surface area contributed by atoms with Gasteiger partial charge in [0.05, 0.1) is 0 Å². The van der Waals surface area contributed by atoms with Gasteiger partial charge in [-0.2, -0.15) is 0 Å². The summed E-state index contributed by atoms with van der Waals surface area (Å²) in [6.45, 7) is 4.95. The summed E-state index contributed by atoms with van der Waals surface area (Å²) in [7, 11) is 0. The number of hydrogen-bond acceptors (Lipinski definition) is 1. The fraction of sp³-hybridized carbons (Fsp3) is 0.333. The third-order valence-corrected chi connectivity index (χ3v) is 3.65. The van der Waals surface area contributed by atoms with E-state index in [4.69, 9.17) is 0 Å². The first-order valence-corrected chi connectivity index (χ1v) is 7.34. The summed E-state index contributed by atoms with van der Waals surface area (Å²) in [5, 5.41) is 3.46. The van der Waals surface area contributed by atoms with Gasteiger partial charge in [-0.15, -0.1) is 0 Å². The molecule has 0 fully saturated rings. The SMILES string of the molecule is CCCNC(Cc1cc(F)ccc1C)c1ccc(F)cc1. The van der Waals surface area contributed by atoms with E-state index in [-0.39, 0.29) is 17.7 Å². The topological polar surface area (TPSA) is 12.0 Å². The molecule has 3 heteroatoms. The Morgan fingerprint density at radius 3 is 2.33 bits per heavy atom. The Bertz CT molecular complexity index is 578. The van der Waals surface area contributed by atoms with Crippen LogP contribution in [0.3, 0.4) is 0 Å². The molecule has 0 aliphatic rings. The van der Waals surface area contributed by atoms with E-state index in [1.807, 2.05) is 6.92 Å². The molecule has 0 aliphatic carbocycles. The Labute approximate surface area is 125 Å². The van der Waals surface area contributed by atoms with Crippen molar-refractivity contribution in [3.63, 3.8) is 0 Å². The summed E-state index contributed by atoms with van der Waals surface area (Å²) in [5.74, 6) is -0.459. The van der Waals surface area contributed by atoms with Crippen LogP contribution in [0.15, 0.2) is 42.5 Å². The number of halogens is 2. The van der Waals surface area contributed by atoms with Crippen molar-refractivity contribution in [1.82, 2.24) is 5.32 Å². The molecule has 2 aromatic carbocycles. The number of aryl methyl sites for hydroxylation is 1. The molecule has 0 saturated heterocycles. The van der Waals surface area contributed by atoms with E-state index in [9.17, 15) is 8.78 Å². The minimum atomic E-state index is -0.241. The van der Waals surface area contributed by atoms with Crippen LogP contribution < -0.4 is 5.32 Å². The zero-order chi connectivity index (χ0) is 15.2. The van der Waals surface area contributed by atoms with Crippen molar-refractivity contribution >= 4 is 0 Å². The molecular formula is C18H21F2N. The minimum absolute atomic E-state index is 0.0612. The lowest BCUT2D eigenvalue weighted by molar-refractivity contribution is 0.524. The van der Waals surface area contributed by atoms with Crippen molar-refractivity contribution in [1.29, 1.82) is 0 Å². The van der Waals surface area contributed by atoms with Crippen molar-refractivity contribution < 1.29 is 8.78 Å². The molecule has 0 spiro atoms. The summed E-state index contributed by atoms with van der Waals surface area (Å²) >= 11 is 0. The molecule has 0 radical (unpaired) electrons. The van der Waals surface area contributed by atoms with Crippen molar-refractivity contribution in [2.24, 2.45) is 0 Å². The van der Waals surface area contributed by atoms with E-state index in [1.54, 1.807) is 24.3 Å². The van der Waals surface area contributed by atoms with Gasteiger partial charge >= 0.3 is 0 Å². The number of hydrogen-bond donors (Lipinski definition) is 1. The highest BCUT2D eigenvalue weighted by Crippen LogP contribution is 2.21. The standard InChI is InChI=1S/C18H21F2N/c1-3-10-21-18(14-5-8-16(19)9-6-14)12-15-11-17(20)7-4-13(15)2/h4-9,11,18,21H,3,10,12H2,1-2H3. The van der Waals surface area contributed by atoms with Crippen molar-refractivity contribution in [2.45, 2.75) is 32.7 Å². The smallest absolute Gasteiger partial charge is 0.123 e. The average Bonchev–Trinajstić information content (AvgIpc) is 2.48. The van der Waals surface area contributed by atoms with Crippen LogP contribution >= 0.6 is 0 Å². The van der Waals surface area contributed by atoms with Gasteiger partial charge in [-0.05, 0) is 67.3 Å². The second kappa shape index (κ2) is 7.32. The summed E-state index contributed by atoms with van der Waals surface area (Å²) in [6, 6.07) is 11.4. The van der Waals surface area contributed by atoms with E-state index in [0.29, 0.717) is 6.42 Å². The molecule has 1 unspecified atom stereocenters. The molecule has 2 rings (SSSR count). The van der Waals surface area contributed by atoms with Gasteiger partial charge in [-0.1, -0.05) is 25.1 Å². The number of nitrogens with one attached hydrogen (secondary N) is 1. The monoisotopic (exact) mass is 289 g/mol. The van der Waals surface area contributed by atoms with Crippen molar-refractivity contribution in [3.05, 3.63) is 70.8 Å². The third kappa shape index (κ3) is 4.36. The van der Waals surface area contributed by atoms with E-state index in [1.165, 1.54) is 18.2 Å². The highest BCUT2D eigenvalue weighted by molar-refractivity contribution is 5.30. The highest BCUT2D eigenvalue weighted by Gasteiger charge is 2.13. The Morgan fingerprint density at radius 2 is 1.67 bits per heavy atom. The maximum absolute atomic E-state index is 13.4. The zero-order valence-electron chi connectivity index (χ0n) is 12.5. The highest BCUT2D eigenvalue weighted by atomic mass is 19.1.